The van der Waals surface area contributed by atoms with Crippen LogP contribution in [-0.2, 0) is 22.7 Å². The number of hydrogen-bond donors (Lipinski definition) is 2. The van der Waals surface area contributed by atoms with E-state index >= 15 is 4.39 Å². The van der Waals surface area contributed by atoms with E-state index in [0.717, 1.165) is 5.56 Å². The average Bonchev–Trinajstić information content (AvgIpc) is 2.71. The topological polar surface area (TPSA) is 122 Å². The Bertz CT molecular complexity index is 1090. The number of benzene rings is 3. The molecule has 150 valence electrons. The van der Waals surface area contributed by atoms with Crippen LogP contribution in [0, 0.1) is 10.7 Å². The molecular weight excluding hydrogens is 401 g/mol. The van der Waals surface area contributed by atoms with Gasteiger partial charge in [0.1, 0.15) is 30.3 Å². The van der Waals surface area contributed by atoms with Gasteiger partial charge in [-0.15, -0.1) is 4.91 Å². The molecule has 0 heterocycles. The van der Waals surface area contributed by atoms with Crippen molar-refractivity contribution in [3.63, 3.8) is 0 Å². The summed E-state index contributed by atoms with van der Waals surface area (Å²) in [5.41, 5.74) is 5.61. The van der Waals surface area contributed by atoms with E-state index in [1.807, 2.05) is 6.07 Å². The Kier molecular flexibility index (Phi) is 6.15. The number of carbonyl (C=O) groups excluding carboxylic acids is 1. The maximum absolute atomic E-state index is 15.3. The molecule has 0 fully saturated rings. The first-order valence-electron chi connectivity index (χ1n) is 8.34. The zero-order valence-corrected chi connectivity index (χ0v) is 15.8. The third-order valence-corrected chi connectivity index (χ3v) is 4.77. The molecule has 0 radical (unpaired) electrons. The molecule has 3 N–H and O–H groups in total. The van der Waals surface area contributed by atoms with Gasteiger partial charge in [-0.05, 0) is 40.4 Å². The van der Waals surface area contributed by atoms with E-state index < -0.39 is 29.5 Å². The van der Waals surface area contributed by atoms with Crippen LogP contribution >= 0.6 is 0 Å². The molecule has 0 bridgehead atoms. The summed E-state index contributed by atoms with van der Waals surface area (Å²) in [5, 5.41) is 3.18. The number of primary amides is 1. The number of fused-ring (bicyclic) bond motifs is 1. The quantitative estimate of drug-likeness (QED) is 0.430. The zero-order valence-electron chi connectivity index (χ0n) is 14.9. The minimum absolute atomic E-state index is 0.0346. The van der Waals surface area contributed by atoms with Crippen molar-refractivity contribution in [3.05, 3.63) is 70.9 Å². The van der Waals surface area contributed by atoms with E-state index in [2.05, 4.69) is 5.18 Å². The second-order valence-corrected chi connectivity index (χ2v) is 6.94. The van der Waals surface area contributed by atoms with E-state index in [0.29, 0.717) is 9.69 Å². The molecule has 1 unspecified atom stereocenters. The maximum Gasteiger partial charge on any atom is 0.262 e. The fourth-order valence-corrected chi connectivity index (χ4v) is 3.37. The van der Waals surface area contributed by atoms with Crippen molar-refractivity contribution in [3.8, 4) is 5.75 Å². The molecule has 10 heteroatoms. The number of amides is 1. The molecule has 0 aliphatic heterocycles. The standard InChI is InChI=1S/C19H16FN3O5S/c20-18-15-7-6-14(22-25)8-13(15)9-16(28-11-12-4-2-1-3-5-12)19(18)23(29(26)27)10-17(21)24/h1-9H,10-11H2,(H2,21,24)(H,26,27). The summed E-state index contributed by atoms with van der Waals surface area (Å²) in [4.78, 5) is 22.2. The van der Waals surface area contributed by atoms with Crippen molar-refractivity contribution in [2.75, 3.05) is 10.8 Å². The fraction of sp³-hybridized carbons (Fsp3) is 0.105. The molecule has 29 heavy (non-hydrogen) atoms. The Hall–Kier alpha value is -3.37. The molecule has 0 spiro atoms. The zero-order chi connectivity index (χ0) is 21.0. The molecule has 0 saturated carbocycles. The molecular formula is C19H16FN3O5S. The number of ether oxygens (including phenoxy) is 1. The number of carbonyl (C=O) groups is 1. The molecule has 0 aromatic heterocycles. The number of nitrogens with two attached hydrogens (primary N) is 1. The van der Waals surface area contributed by atoms with Crippen molar-refractivity contribution in [1.82, 2.24) is 0 Å². The maximum atomic E-state index is 15.3. The monoisotopic (exact) mass is 417 g/mol. The summed E-state index contributed by atoms with van der Waals surface area (Å²) in [6.45, 7) is -0.673. The lowest BCUT2D eigenvalue weighted by Crippen LogP contribution is -2.35. The highest BCUT2D eigenvalue weighted by Crippen LogP contribution is 2.39. The lowest BCUT2D eigenvalue weighted by Gasteiger charge is -2.23. The van der Waals surface area contributed by atoms with Crippen molar-refractivity contribution in [2.45, 2.75) is 6.61 Å². The predicted octanol–water partition coefficient (Wildman–Crippen LogP) is 3.38. The van der Waals surface area contributed by atoms with Crippen LogP contribution in [0.5, 0.6) is 5.75 Å². The van der Waals surface area contributed by atoms with Crippen LogP contribution in [0.1, 0.15) is 5.56 Å². The van der Waals surface area contributed by atoms with E-state index in [9.17, 15) is 18.5 Å². The minimum Gasteiger partial charge on any atom is -0.487 e. The number of nitrogens with zero attached hydrogens (tertiary/aromatic N) is 2. The van der Waals surface area contributed by atoms with Gasteiger partial charge in [-0.3, -0.25) is 13.7 Å². The Morgan fingerprint density at radius 2 is 1.93 bits per heavy atom. The van der Waals surface area contributed by atoms with Crippen LogP contribution in [0.3, 0.4) is 0 Å². The first kappa shape index (κ1) is 20.4. The van der Waals surface area contributed by atoms with Crippen LogP contribution in [0.2, 0.25) is 0 Å². The summed E-state index contributed by atoms with van der Waals surface area (Å²) >= 11 is -2.75. The van der Waals surface area contributed by atoms with Gasteiger partial charge in [0.2, 0.25) is 5.91 Å². The molecule has 0 aliphatic rings. The first-order chi connectivity index (χ1) is 13.9. The van der Waals surface area contributed by atoms with Gasteiger partial charge in [0, 0.05) is 5.39 Å². The Morgan fingerprint density at radius 1 is 1.21 bits per heavy atom. The number of nitroso groups, excluding NO2 is 1. The van der Waals surface area contributed by atoms with Crippen LogP contribution in [0.25, 0.3) is 10.8 Å². The number of rotatable bonds is 8. The third kappa shape index (κ3) is 4.55. The van der Waals surface area contributed by atoms with Gasteiger partial charge < -0.3 is 10.5 Å². The van der Waals surface area contributed by atoms with Gasteiger partial charge in [-0.1, -0.05) is 30.3 Å². The van der Waals surface area contributed by atoms with Crippen LogP contribution in [0.15, 0.2) is 59.8 Å². The van der Waals surface area contributed by atoms with Gasteiger partial charge in [0.15, 0.2) is 5.82 Å². The highest BCUT2D eigenvalue weighted by atomic mass is 32.2. The van der Waals surface area contributed by atoms with Gasteiger partial charge in [0.25, 0.3) is 11.3 Å². The van der Waals surface area contributed by atoms with Crippen LogP contribution in [0.4, 0.5) is 15.8 Å². The lowest BCUT2D eigenvalue weighted by atomic mass is 10.1. The van der Waals surface area contributed by atoms with Crippen molar-refractivity contribution in [1.29, 1.82) is 0 Å². The summed E-state index contributed by atoms with van der Waals surface area (Å²) in [6.07, 6.45) is 0. The highest BCUT2D eigenvalue weighted by Gasteiger charge is 2.26. The number of hydrogen-bond acceptors (Lipinski definition) is 5. The van der Waals surface area contributed by atoms with E-state index in [4.69, 9.17) is 10.5 Å². The van der Waals surface area contributed by atoms with Crippen LogP contribution in [-0.4, -0.2) is 21.2 Å². The average molecular weight is 417 g/mol. The molecule has 3 rings (SSSR count). The van der Waals surface area contributed by atoms with Gasteiger partial charge in [-0.2, -0.15) is 0 Å². The second kappa shape index (κ2) is 8.76. The number of anilines is 1. The minimum atomic E-state index is -2.75. The summed E-state index contributed by atoms with van der Waals surface area (Å²) < 4.78 is 43.1. The van der Waals surface area contributed by atoms with Crippen LogP contribution < -0.4 is 14.8 Å². The largest absolute Gasteiger partial charge is 0.487 e. The molecule has 1 atom stereocenters. The highest BCUT2D eigenvalue weighted by molar-refractivity contribution is 7.80. The normalized spacial score (nSPS) is 11.8. The molecule has 0 aliphatic carbocycles. The Labute approximate surface area is 167 Å². The van der Waals surface area contributed by atoms with Crippen molar-refractivity contribution < 1.29 is 22.7 Å². The molecule has 0 saturated heterocycles. The molecule has 3 aromatic carbocycles. The first-order valence-corrected chi connectivity index (χ1v) is 9.40. The van der Waals surface area contributed by atoms with Gasteiger partial charge in [-0.25, -0.2) is 8.60 Å². The van der Waals surface area contributed by atoms with E-state index in [1.54, 1.807) is 24.3 Å². The second-order valence-electron chi connectivity index (χ2n) is 6.04. The van der Waals surface area contributed by atoms with Gasteiger partial charge >= 0.3 is 0 Å². The SMILES string of the molecule is NC(=O)CN(c1c(OCc2ccccc2)cc2cc(N=O)ccc2c1F)S(=O)O. The molecule has 3 aromatic rings. The molecule has 1 amide bonds. The van der Waals surface area contributed by atoms with Crippen molar-refractivity contribution in [2.24, 2.45) is 10.9 Å². The third-order valence-electron chi connectivity index (χ3n) is 4.08. The fourth-order valence-electron chi connectivity index (χ4n) is 2.80. The summed E-state index contributed by atoms with van der Waals surface area (Å²) in [7, 11) is 0. The van der Waals surface area contributed by atoms with Crippen molar-refractivity contribution >= 4 is 39.3 Å². The number of halogens is 1. The Morgan fingerprint density at radius 3 is 2.55 bits per heavy atom. The predicted molar refractivity (Wildman–Crippen MR) is 107 cm³/mol. The smallest absolute Gasteiger partial charge is 0.262 e. The van der Waals surface area contributed by atoms with E-state index in [1.165, 1.54) is 24.3 Å². The lowest BCUT2D eigenvalue weighted by molar-refractivity contribution is -0.116. The van der Waals surface area contributed by atoms with Gasteiger partial charge in [0.05, 0.1) is 0 Å². The van der Waals surface area contributed by atoms with E-state index in [-0.39, 0.29) is 29.1 Å². The Balaban J connectivity index is 2.16. The molecule has 8 nitrogen and oxygen atoms in total. The summed E-state index contributed by atoms with van der Waals surface area (Å²) in [5.74, 6) is -1.92. The summed E-state index contributed by atoms with van der Waals surface area (Å²) in [6, 6.07) is 14.4.